The normalized spacial score (nSPS) is 18.2. The van der Waals surface area contributed by atoms with Crippen LogP contribution < -0.4 is 9.47 Å². The van der Waals surface area contributed by atoms with Crippen LogP contribution in [0.1, 0.15) is 35.4 Å². The summed E-state index contributed by atoms with van der Waals surface area (Å²) < 4.78 is 23.3. The predicted octanol–water partition coefficient (Wildman–Crippen LogP) is 6.82. The van der Waals surface area contributed by atoms with E-state index >= 15 is 0 Å². The number of piperidine rings is 1. The molecule has 1 fully saturated rings. The molecule has 0 bridgehead atoms. The smallest absolute Gasteiger partial charge is 0.160 e. The quantitative estimate of drug-likeness (QED) is 0.134. The molecule has 2 unspecified atom stereocenters. The Hall–Kier alpha value is -2.28. The van der Waals surface area contributed by atoms with E-state index in [0.29, 0.717) is 33.0 Å². The summed E-state index contributed by atoms with van der Waals surface area (Å²) in [6.07, 6.45) is 1.73. The zero-order chi connectivity index (χ0) is 25.9. The maximum absolute atomic E-state index is 6.41. The van der Waals surface area contributed by atoms with Gasteiger partial charge >= 0.3 is 0 Å². The average molecular weight is 545 g/mol. The van der Waals surface area contributed by atoms with E-state index in [9.17, 15) is 0 Å². The Labute approximate surface area is 230 Å². The lowest BCUT2D eigenvalue weighted by molar-refractivity contribution is -0.0226. The summed E-state index contributed by atoms with van der Waals surface area (Å²) in [5, 5.41) is 0. The number of ether oxygens (including phenoxy) is 4. The fourth-order valence-corrected chi connectivity index (χ4v) is 4.87. The Morgan fingerprint density at radius 2 is 1.54 bits per heavy atom. The van der Waals surface area contributed by atoms with Gasteiger partial charge in [-0.2, -0.15) is 0 Å². The number of hydrogen-bond donors (Lipinski definition) is 0. The lowest BCUT2D eigenvalue weighted by Crippen LogP contribution is -2.45. The van der Waals surface area contributed by atoms with Crippen molar-refractivity contribution < 1.29 is 18.9 Å². The number of likely N-dealkylation sites (tertiary alicyclic amines) is 1. The maximum Gasteiger partial charge on any atom is 0.160 e. The molecule has 0 spiro atoms. The second-order valence-electron chi connectivity index (χ2n) is 9.17. The van der Waals surface area contributed by atoms with Gasteiger partial charge < -0.3 is 18.9 Å². The number of hydrogen-bond acceptors (Lipinski definition) is 5. The minimum absolute atomic E-state index is 0.0237. The number of nitrogens with zero attached hydrogens (tertiary/aromatic N) is 1. The second kappa shape index (κ2) is 14.6. The molecular formula is C30H35Cl2NO4. The molecule has 3 aromatic rings. The minimum Gasteiger partial charge on any atom is -0.497 e. The van der Waals surface area contributed by atoms with Crippen LogP contribution in [-0.4, -0.2) is 49.4 Å². The van der Waals surface area contributed by atoms with E-state index in [-0.39, 0.29) is 12.0 Å². The molecule has 2 atom stereocenters. The molecule has 3 aromatic carbocycles. The van der Waals surface area contributed by atoms with E-state index in [1.54, 1.807) is 7.11 Å². The molecule has 1 aliphatic rings. The standard InChI is InChI=1S/C30H35Cl2NO4/c1-34-26-12-8-24(9-13-26)22-37-29-20-33(30(31)32)17-16-28(29)25-10-14-27(15-11-25)36-19-5-18-35-21-23-6-3-2-4-7-23/h2-4,6-15,28-30H,5,16-22H2,1H3. The van der Waals surface area contributed by atoms with Crippen molar-refractivity contribution in [1.29, 1.82) is 0 Å². The lowest BCUT2D eigenvalue weighted by atomic mass is 9.87. The van der Waals surface area contributed by atoms with Gasteiger partial charge in [0.1, 0.15) is 11.5 Å². The third-order valence-electron chi connectivity index (χ3n) is 6.61. The Bertz CT molecular complexity index is 1050. The number of rotatable bonds is 13. The summed E-state index contributed by atoms with van der Waals surface area (Å²) in [6, 6.07) is 26.5. The molecule has 0 amide bonds. The number of halogens is 2. The van der Waals surface area contributed by atoms with Crippen molar-refractivity contribution in [3.63, 3.8) is 0 Å². The minimum atomic E-state index is -0.541. The van der Waals surface area contributed by atoms with Crippen LogP contribution in [0, 0.1) is 0 Å². The maximum atomic E-state index is 6.41. The van der Waals surface area contributed by atoms with Crippen LogP contribution >= 0.6 is 23.2 Å². The molecule has 4 rings (SSSR count). The van der Waals surface area contributed by atoms with Crippen molar-refractivity contribution >= 4 is 23.2 Å². The number of benzene rings is 3. The van der Waals surface area contributed by atoms with Gasteiger partial charge in [0.15, 0.2) is 4.96 Å². The first-order valence-corrected chi connectivity index (χ1v) is 13.6. The van der Waals surface area contributed by atoms with Crippen LogP contribution in [0.25, 0.3) is 0 Å². The lowest BCUT2D eigenvalue weighted by Gasteiger charge is -2.39. The van der Waals surface area contributed by atoms with E-state index in [2.05, 4.69) is 29.2 Å². The van der Waals surface area contributed by atoms with Crippen molar-refractivity contribution in [2.75, 3.05) is 33.4 Å². The van der Waals surface area contributed by atoms with E-state index in [1.807, 2.05) is 54.6 Å². The Kier molecular flexibility index (Phi) is 11.0. The summed E-state index contributed by atoms with van der Waals surface area (Å²) in [5.74, 6) is 1.95. The van der Waals surface area contributed by atoms with Gasteiger partial charge in [-0.3, -0.25) is 4.90 Å². The zero-order valence-corrected chi connectivity index (χ0v) is 22.7. The molecule has 1 heterocycles. The molecule has 7 heteroatoms. The van der Waals surface area contributed by atoms with Gasteiger partial charge in [0.25, 0.3) is 0 Å². The van der Waals surface area contributed by atoms with Gasteiger partial charge in [-0.15, -0.1) is 0 Å². The highest BCUT2D eigenvalue weighted by Gasteiger charge is 2.33. The predicted molar refractivity (Wildman–Crippen MR) is 149 cm³/mol. The van der Waals surface area contributed by atoms with Crippen molar-refractivity contribution in [3.8, 4) is 11.5 Å². The molecule has 5 nitrogen and oxygen atoms in total. The highest BCUT2D eigenvalue weighted by atomic mass is 35.5. The van der Waals surface area contributed by atoms with Crippen LogP contribution in [0.4, 0.5) is 0 Å². The Morgan fingerprint density at radius 3 is 2.24 bits per heavy atom. The first-order chi connectivity index (χ1) is 18.1. The molecular weight excluding hydrogens is 509 g/mol. The Morgan fingerprint density at radius 1 is 0.838 bits per heavy atom. The van der Waals surface area contributed by atoms with Crippen molar-refractivity contribution in [2.45, 2.75) is 43.0 Å². The summed E-state index contributed by atoms with van der Waals surface area (Å²) in [6.45, 7) is 3.94. The van der Waals surface area contributed by atoms with Gasteiger partial charge in [-0.1, -0.05) is 77.8 Å². The topological polar surface area (TPSA) is 40.2 Å². The third kappa shape index (κ3) is 8.62. The van der Waals surface area contributed by atoms with E-state index in [4.69, 9.17) is 42.1 Å². The second-order valence-corrected chi connectivity index (χ2v) is 10.2. The van der Waals surface area contributed by atoms with Crippen LogP contribution in [0.5, 0.6) is 11.5 Å². The summed E-state index contributed by atoms with van der Waals surface area (Å²) in [7, 11) is 1.67. The van der Waals surface area contributed by atoms with Gasteiger partial charge in [0.05, 0.1) is 39.6 Å². The fraction of sp³-hybridized carbons (Fsp3) is 0.400. The zero-order valence-electron chi connectivity index (χ0n) is 21.2. The highest BCUT2D eigenvalue weighted by Crippen LogP contribution is 2.34. The molecule has 1 saturated heterocycles. The number of methoxy groups -OCH3 is 1. The van der Waals surface area contributed by atoms with Crippen molar-refractivity contribution in [2.24, 2.45) is 0 Å². The molecule has 0 N–H and O–H groups in total. The highest BCUT2D eigenvalue weighted by molar-refractivity contribution is 6.43. The van der Waals surface area contributed by atoms with Gasteiger partial charge in [-0.25, -0.2) is 0 Å². The first kappa shape index (κ1) is 27.7. The van der Waals surface area contributed by atoms with Crippen molar-refractivity contribution in [1.82, 2.24) is 4.90 Å². The van der Waals surface area contributed by atoms with Gasteiger partial charge in [0.2, 0.25) is 0 Å². The SMILES string of the molecule is COc1ccc(COC2CN(C(Cl)Cl)CCC2c2ccc(OCCCOCc3ccccc3)cc2)cc1. The van der Waals surface area contributed by atoms with Gasteiger partial charge in [-0.05, 0) is 47.4 Å². The largest absolute Gasteiger partial charge is 0.497 e. The monoisotopic (exact) mass is 543 g/mol. The summed E-state index contributed by atoms with van der Waals surface area (Å²) in [4.78, 5) is 1.51. The third-order valence-corrected chi connectivity index (χ3v) is 7.16. The van der Waals surface area contributed by atoms with Crippen LogP contribution in [0.2, 0.25) is 0 Å². The molecule has 0 aliphatic carbocycles. The molecule has 37 heavy (non-hydrogen) atoms. The van der Waals surface area contributed by atoms with E-state index < -0.39 is 4.96 Å². The van der Waals surface area contributed by atoms with E-state index in [1.165, 1.54) is 11.1 Å². The first-order valence-electron chi connectivity index (χ1n) is 12.7. The summed E-state index contributed by atoms with van der Waals surface area (Å²) in [5.41, 5.74) is 3.52. The molecule has 1 aliphatic heterocycles. The molecule has 0 aromatic heterocycles. The molecule has 0 saturated carbocycles. The van der Waals surface area contributed by atoms with Crippen LogP contribution in [0.3, 0.4) is 0 Å². The number of alkyl halides is 2. The average Bonchev–Trinajstić information content (AvgIpc) is 2.95. The van der Waals surface area contributed by atoms with Crippen LogP contribution in [-0.2, 0) is 22.7 Å². The fourth-order valence-electron chi connectivity index (χ4n) is 4.52. The van der Waals surface area contributed by atoms with Crippen molar-refractivity contribution in [3.05, 3.63) is 95.6 Å². The molecule has 198 valence electrons. The Balaban J connectivity index is 1.27. The summed E-state index contributed by atoms with van der Waals surface area (Å²) >= 11 is 12.4. The van der Waals surface area contributed by atoms with Crippen LogP contribution in [0.15, 0.2) is 78.9 Å². The van der Waals surface area contributed by atoms with Gasteiger partial charge in [0, 0.05) is 25.4 Å². The molecule has 0 radical (unpaired) electrons. The van der Waals surface area contributed by atoms with E-state index in [0.717, 1.165) is 36.4 Å².